The molecule has 2 bridgehead atoms. The van der Waals surface area contributed by atoms with E-state index in [2.05, 4.69) is 164 Å². The van der Waals surface area contributed by atoms with Gasteiger partial charge in [0, 0.05) is 54.7 Å². The van der Waals surface area contributed by atoms with Crippen LogP contribution in [0.4, 0.5) is 0 Å². The van der Waals surface area contributed by atoms with E-state index in [0.29, 0.717) is 42.9 Å². The molecule has 0 radical (unpaired) electrons. The summed E-state index contributed by atoms with van der Waals surface area (Å²) in [6, 6.07) is 16.6. The normalized spacial score (nSPS) is 24.1. The predicted octanol–water partition coefficient (Wildman–Crippen LogP) is 19.2. The highest BCUT2D eigenvalue weighted by Crippen LogP contribution is 2.55. The summed E-state index contributed by atoms with van der Waals surface area (Å²) in [7, 11) is 0. The highest BCUT2D eigenvalue weighted by molar-refractivity contribution is 5.79. The van der Waals surface area contributed by atoms with E-state index in [9.17, 15) is 4.79 Å². The van der Waals surface area contributed by atoms with Gasteiger partial charge in [-0.05, 0) is 189 Å². The molecule has 0 aliphatic heterocycles. The molecule has 2 saturated carbocycles. The molecule has 2 fully saturated rings. The van der Waals surface area contributed by atoms with Crippen molar-refractivity contribution in [2.75, 3.05) is 6.54 Å². The zero-order valence-electron chi connectivity index (χ0n) is 47.8. The highest BCUT2D eigenvalue weighted by Gasteiger charge is 2.48. The van der Waals surface area contributed by atoms with E-state index in [0.717, 1.165) is 96.0 Å². The van der Waals surface area contributed by atoms with Crippen molar-refractivity contribution in [1.82, 2.24) is 0 Å². The van der Waals surface area contributed by atoms with Crippen LogP contribution in [0.25, 0.3) is 10.4 Å². The predicted molar refractivity (Wildman–Crippen MR) is 311 cm³/mol. The van der Waals surface area contributed by atoms with E-state index in [4.69, 9.17) is 12.0 Å². The highest BCUT2D eigenvalue weighted by atomic mass is 16.1. The molecule has 0 spiro atoms. The fraction of sp³-hybridized carbons (Fsp3) is 0.662. The average Bonchev–Trinajstić information content (AvgIpc) is 3.54. The first-order valence-electron chi connectivity index (χ1n) is 28.9. The Morgan fingerprint density at radius 3 is 1.88 bits per heavy atom. The Bertz CT molecular complexity index is 2120. The maximum Gasteiger partial charge on any atom is 0.133 e. The van der Waals surface area contributed by atoms with Crippen molar-refractivity contribution in [1.29, 1.82) is 0 Å². The van der Waals surface area contributed by atoms with E-state index in [1.165, 1.54) is 88.2 Å². The Morgan fingerprint density at radius 2 is 1.33 bits per heavy atom. The summed E-state index contributed by atoms with van der Waals surface area (Å²) in [5.74, 6) is 27.6. The molecule has 4 nitrogen and oxygen atoms in total. The number of terminal acetylenes is 1. The lowest BCUT2D eigenvalue weighted by molar-refractivity contribution is -0.120. The van der Waals surface area contributed by atoms with Crippen molar-refractivity contribution in [3.05, 3.63) is 106 Å². The Kier molecular flexibility index (Phi) is 30.0. The van der Waals surface area contributed by atoms with E-state index in [1.54, 1.807) is 0 Å². The van der Waals surface area contributed by atoms with Crippen molar-refractivity contribution < 1.29 is 4.79 Å². The number of hydrogen-bond donors (Lipinski definition) is 0. The molecule has 0 saturated heterocycles. The minimum absolute atomic E-state index is 0.216. The number of carbonyl (C=O) groups excluding carboxylic acids is 1. The van der Waals surface area contributed by atoms with Crippen LogP contribution in [0.2, 0.25) is 0 Å². The monoisotopic (exact) mass is 976 g/mol. The Labute approximate surface area is 443 Å². The largest absolute Gasteiger partial charge is 0.300 e. The van der Waals surface area contributed by atoms with Gasteiger partial charge in [0.2, 0.25) is 0 Å². The van der Waals surface area contributed by atoms with Crippen molar-refractivity contribution in [3.63, 3.8) is 0 Å². The molecule has 0 aromatic heterocycles. The van der Waals surface area contributed by atoms with Crippen LogP contribution in [0.3, 0.4) is 0 Å². The van der Waals surface area contributed by atoms with Crippen LogP contribution in [0.5, 0.6) is 0 Å². The molecule has 0 amide bonds. The molecular formula is C68H101N3O. The van der Waals surface area contributed by atoms with Gasteiger partial charge in [0.15, 0.2) is 0 Å². The number of nitrogens with zero attached hydrogens (tertiary/aromatic N) is 3. The zero-order chi connectivity index (χ0) is 52.8. The fourth-order valence-electron chi connectivity index (χ4n) is 11.6. The smallest absolute Gasteiger partial charge is 0.133 e. The SMILES string of the molecule is C#CCC(C)C.CC(C)CC(=O)CC1Cc2ccccc2C#Cc2ccccc21.CC(C)CC1C2CCC#CCCC21.CC(C)CC1CC/C=C/CCC1.CC(C)CC1CC2C=CC1C2.CC(C)CN=[N+]=[N-]. The summed E-state index contributed by atoms with van der Waals surface area (Å²) < 4.78 is 0. The molecule has 6 aliphatic carbocycles. The first kappa shape index (κ1) is 61.9. The molecule has 72 heavy (non-hydrogen) atoms. The molecule has 4 heteroatoms. The van der Waals surface area contributed by atoms with Crippen LogP contribution >= 0.6 is 0 Å². The third-order valence-electron chi connectivity index (χ3n) is 14.8. The Hall–Kier alpha value is -4.42. The van der Waals surface area contributed by atoms with Crippen LogP contribution in [-0.4, -0.2) is 12.3 Å². The Morgan fingerprint density at radius 1 is 0.708 bits per heavy atom. The van der Waals surface area contributed by atoms with Crippen molar-refractivity contribution >= 4 is 5.78 Å². The van der Waals surface area contributed by atoms with E-state index >= 15 is 0 Å². The Balaban J connectivity index is 0.000000243. The third-order valence-corrected chi connectivity index (χ3v) is 14.8. The quantitative estimate of drug-likeness (QED) is 0.0648. The summed E-state index contributed by atoms with van der Waals surface area (Å²) in [5, 5.41) is 3.35. The van der Waals surface area contributed by atoms with Crippen molar-refractivity contribution in [2.24, 2.45) is 82.0 Å². The van der Waals surface area contributed by atoms with Crippen molar-refractivity contribution in [3.8, 4) is 36.0 Å². The lowest BCUT2D eigenvalue weighted by Crippen LogP contribution is -2.14. The summed E-state index contributed by atoms with van der Waals surface area (Å²) in [6.45, 7) is 27.1. The molecular weight excluding hydrogens is 875 g/mol. The summed E-state index contributed by atoms with van der Waals surface area (Å²) in [4.78, 5) is 15.0. The number of carbonyl (C=O) groups is 1. The molecule has 7 atom stereocenters. The molecule has 394 valence electrons. The minimum atomic E-state index is 0.216. The lowest BCUT2D eigenvalue weighted by Gasteiger charge is -2.21. The second kappa shape index (κ2) is 34.9. The van der Waals surface area contributed by atoms with Gasteiger partial charge < -0.3 is 0 Å². The molecule has 0 N–H and O–H groups in total. The number of benzene rings is 2. The fourth-order valence-corrected chi connectivity index (χ4v) is 11.6. The van der Waals surface area contributed by atoms with E-state index in [-0.39, 0.29) is 5.92 Å². The summed E-state index contributed by atoms with van der Waals surface area (Å²) >= 11 is 0. The number of azide groups is 1. The number of ketones is 1. The third kappa shape index (κ3) is 25.5. The number of fused-ring (bicyclic) bond motifs is 5. The standard InChI is InChI=1S/C22H22O.C13H20.C12H22.C11H18.C6H10.C4H9N3/c1-16(2)13-21(23)15-20-14-19-9-4-3-7-17(19)11-12-18-8-5-6-10-22(18)20;1-10(2)9-13-11-7-5-3-4-6-8-12(11)13;1-11(2)10-12-8-6-4-3-5-7-9-12;1-8(2)5-11-7-9-3-4-10(11)6-9;1-4-5-6(2)3;1-4(2)3-6-7-5/h3-10,16,20H,13-15H2,1-2H3;10-13H,5-9H2,1-2H3;3-4,11-12H,5-10H2,1-2H3;3-4,8-11H,5-7H2,1-2H3;1,6H,5H2,2-3H3;4H,3H2,1-2H3/b;;4-3+;;;. The maximum atomic E-state index is 12.4. The second-order valence-corrected chi connectivity index (χ2v) is 24.5. The minimum Gasteiger partial charge on any atom is -0.300 e. The molecule has 2 aromatic carbocycles. The summed E-state index contributed by atoms with van der Waals surface area (Å²) in [6.07, 6.45) is 37.0. The van der Waals surface area contributed by atoms with Gasteiger partial charge in [-0.15, -0.1) is 24.2 Å². The second-order valence-electron chi connectivity index (χ2n) is 24.5. The number of Topliss-reactive ketones (excluding diaryl/α,β-unsaturated/α-hetero) is 1. The molecule has 8 rings (SSSR count). The zero-order valence-corrected chi connectivity index (χ0v) is 47.8. The average molecular weight is 977 g/mol. The van der Waals surface area contributed by atoms with Crippen molar-refractivity contribution in [2.45, 2.75) is 205 Å². The van der Waals surface area contributed by atoms with Crippen LogP contribution in [0, 0.1) is 113 Å². The molecule has 6 aliphatic rings. The summed E-state index contributed by atoms with van der Waals surface area (Å²) in [5.41, 5.74) is 12.4. The van der Waals surface area contributed by atoms with Gasteiger partial charge in [-0.25, -0.2) is 0 Å². The number of rotatable bonds is 13. The first-order valence-corrected chi connectivity index (χ1v) is 28.9. The topological polar surface area (TPSA) is 65.8 Å². The molecule has 7 unspecified atom stereocenters. The first-order chi connectivity index (χ1) is 34.5. The van der Waals surface area contributed by atoms with E-state index < -0.39 is 0 Å². The van der Waals surface area contributed by atoms with Crippen LogP contribution < -0.4 is 0 Å². The maximum absolute atomic E-state index is 12.4. The molecule has 2 aromatic rings. The van der Waals surface area contributed by atoms with Gasteiger partial charge in [0.05, 0.1) is 0 Å². The lowest BCUT2D eigenvalue weighted by atomic mass is 9.82. The van der Waals surface area contributed by atoms with Gasteiger partial charge in [0.1, 0.15) is 5.78 Å². The molecule has 0 heterocycles. The number of allylic oxidation sites excluding steroid dienone is 4. The number of hydrogen-bond acceptors (Lipinski definition) is 2. The van der Waals surface area contributed by atoms with Crippen LogP contribution in [0.15, 0.2) is 77.9 Å². The van der Waals surface area contributed by atoms with Crippen LogP contribution in [0.1, 0.15) is 220 Å². The van der Waals surface area contributed by atoms with Gasteiger partial charge >= 0.3 is 0 Å². The van der Waals surface area contributed by atoms with Gasteiger partial charge in [0.25, 0.3) is 0 Å². The van der Waals surface area contributed by atoms with Gasteiger partial charge in [-0.2, -0.15) is 0 Å². The van der Waals surface area contributed by atoms with Crippen LogP contribution in [-0.2, 0) is 11.2 Å². The van der Waals surface area contributed by atoms with E-state index in [1.807, 2.05) is 32.0 Å². The van der Waals surface area contributed by atoms with Gasteiger partial charge in [-0.1, -0.05) is 167 Å². The van der Waals surface area contributed by atoms with Gasteiger partial charge in [-0.3, -0.25) is 4.79 Å².